The van der Waals surface area contributed by atoms with Gasteiger partial charge in [0.05, 0.1) is 18.3 Å². The van der Waals surface area contributed by atoms with E-state index in [0.717, 1.165) is 18.4 Å². The SMILES string of the molecule is CC(=O)OC[C@@]1(C)C2C[C@H](OC(=O)c3ccccc3C)[C@@]3(C)Oc4cc(-c5cccnc5)oc(=O)c4[C@H](O)C3[C@@]2(C)CC[C@@H]1C. The second-order valence-corrected chi connectivity index (χ2v) is 13.9. The van der Waals surface area contributed by atoms with Crippen molar-refractivity contribution < 1.29 is 33.3 Å². The van der Waals surface area contributed by atoms with Gasteiger partial charge in [-0.05, 0) is 74.1 Å². The molecule has 2 unspecified atom stereocenters. The highest BCUT2D eigenvalue weighted by molar-refractivity contribution is 5.91. The molecule has 0 radical (unpaired) electrons. The minimum atomic E-state index is -1.27. The minimum Gasteiger partial charge on any atom is -0.482 e. The van der Waals surface area contributed by atoms with Crippen LogP contribution in [0.3, 0.4) is 0 Å². The Morgan fingerprint density at radius 2 is 1.89 bits per heavy atom. The van der Waals surface area contributed by atoms with Crippen molar-refractivity contribution >= 4 is 11.9 Å². The lowest BCUT2D eigenvalue weighted by atomic mass is 9.41. The quantitative estimate of drug-likeness (QED) is 0.341. The van der Waals surface area contributed by atoms with E-state index in [0.29, 0.717) is 17.5 Å². The molecule has 0 saturated heterocycles. The summed E-state index contributed by atoms with van der Waals surface area (Å²) in [6.45, 7) is 11.7. The summed E-state index contributed by atoms with van der Waals surface area (Å²) in [5.74, 6) is -1.02. The zero-order chi connectivity index (χ0) is 32.3. The van der Waals surface area contributed by atoms with Crippen LogP contribution in [0.1, 0.15) is 81.5 Å². The van der Waals surface area contributed by atoms with E-state index in [1.54, 1.807) is 42.7 Å². The Morgan fingerprint density at radius 3 is 2.58 bits per heavy atom. The van der Waals surface area contributed by atoms with Crippen LogP contribution in [0.5, 0.6) is 5.75 Å². The Kier molecular flexibility index (Phi) is 7.67. The minimum absolute atomic E-state index is 0.0521. The van der Waals surface area contributed by atoms with Gasteiger partial charge in [0.25, 0.3) is 0 Å². The lowest BCUT2D eigenvalue weighted by Gasteiger charge is -2.66. The van der Waals surface area contributed by atoms with Crippen molar-refractivity contribution in [2.75, 3.05) is 6.61 Å². The number of aliphatic hydroxyl groups excluding tert-OH is 1. The fraction of sp³-hybridized carbons (Fsp3) is 0.500. The summed E-state index contributed by atoms with van der Waals surface area (Å²) in [5, 5.41) is 12.3. The largest absolute Gasteiger partial charge is 0.482 e. The molecular formula is C36H41NO8. The molecule has 3 aromatic rings. The fourth-order valence-electron chi connectivity index (χ4n) is 8.69. The second-order valence-electron chi connectivity index (χ2n) is 13.9. The molecule has 2 aromatic heterocycles. The summed E-state index contributed by atoms with van der Waals surface area (Å²) < 4.78 is 24.6. The molecule has 2 fully saturated rings. The molecule has 45 heavy (non-hydrogen) atoms. The smallest absolute Gasteiger partial charge is 0.345 e. The van der Waals surface area contributed by atoms with Gasteiger partial charge in [0.1, 0.15) is 28.8 Å². The highest BCUT2D eigenvalue weighted by Crippen LogP contribution is 2.68. The molecule has 0 bridgehead atoms. The number of benzene rings is 1. The molecule has 2 saturated carbocycles. The number of rotatable bonds is 5. The summed E-state index contributed by atoms with van der Waals surface area (Å²) >= 11 is 0. The Bertz CT molecular complexity index is 1690. The van der Waals surface area contributed by atoms with Gasteiger partial charge in [-0.2, -0.15) is 0 Å². The van der Waals surface area contributed by atoms with E-state index in [1.807, 2.05) is 26.0 Å². The summed E-state index contributed by atoms with van der Waals surface area (Å²) in [5.41, 5.74) is -1.10. The molecule has 1 aliphatic heterocycles. The average Bonchev–Trinajstić information content (AvgIpc) is 2.99. The first-order chi connectivity index (χ1) is 21.3. The molecule has 3 heterocycles. The van der Waals surface area contributed by atoms with E-state index in [4.69, 9.17) is 18.6 Å². The lowest BCUT2D eigenvalue weighted by molar-refractivity contribution is -0.257. The van der Waals surface area contributed by atoms with Gasteiger partial charge in [0.15, 0.2) is 0 Å². The van der Waals surface area contributed by atoms with Crippen LogP contribution in [-0.2, 0) is 14.3 Å². The van der Waals surface area contributed by atoms with E-state index in [9.17, 15) is 19.5 Å². The molecule has 3 aliphatic rings. The fourth-order valence-corrected chi connectivity index (χ4v) is 8.69. The first-order valence-electron chi connectivity index (χ1n) is 15.6. The number of carbonyl (C=O) groups is 2. The number of aromatic nitrogens is 1. The standard InChI is InChI=1S/C36H41NO8/c1-20-10-7-8-12-24(20)32(40)44-28-17-27-34(4,14-13-21(2)35(27,5)19-42-22(3)38)31-30(39)29-26(45-36(28,31)6)16-25(43-33(29)41)23-11-9-15-37-18-23/h7-12,15-16,18,21,27-28,30-31,39H,13-14,17,19H2,1-6H3/t21-,27?,28-,30-,31?,34-,35+,36+/m0/s1. The van der Waals surface area contributed by atoms with Crippen LogP contribution in [0.2, 0.25) is 0 Å². The molecule has 0 amide bonds. The Labute approximate surface area is 262 Å². The van der Waals surface area contributed by atoms with Crippen molar-refractivity contribution in [3.63, 3.8) is 0 Å². The normalized spacial score (nSPS) is 33.5. The Hall–Kier alpha value is -3.98. The second kappa shape index (κ2) is 11.1. The van der Waals surface area contributed by atoms with E-state index >= 15 is 0 Å². The van der Waals surface area contributed by atoms with Gasteiger partial charge in [0, 0.05) is 42.3 Å². The van der Waals surface area contributed by atoms with Gasteiger partial charge in [-0.25, -0.2) is 9.59 Å². The number of fused-ring (bicyclic) bond motifs is 4. The van der Waals surface area contributed by atoms with E-state index in [-0.39, 0.29) is 41.5 Å². The van der Waals surface area contributed by atoms with Crippen LogP contribution in [0.25, 0.3) is 11.3 Å². The van der Waals surface area contributed by atoms with Crippen LogP contribution in [-0.4, -0.2) is 40.3 Å². The van der Waals surface area contributed by atoms with E-state index < -0.39 is 46.2 Å². The first kappa shape index (κ1) is 31.0. The topological polar surface area (TPSA) is 125 Å². The summed E-state index contributed by atoms with van der Waals surface area (Å²) in [7, 11) is 0. The maximum Gasteiger partial charge on any atom is 0.345 e. The number of hydrogen-bond acceptors (Lipinski definition) is 9. The van der Waals surface area contributed by atoms with Crippen LogP contribution < -0.4 is 10.4 Å². The molecule has 2 aliphatic carbocycles. The third kappa shape index (κ3) is 4.96. The average molecular weight is 616 g/mol. The van der Waals surface area contributed by atoms with Gasteiger partial charge >= 0.3 is 17.6 Å². The molecular weight excluding hydrogens is 574 g/mol. The molecule has 1 aromatic carbocycles. The van der Waals surface area contributed by atoms with Crippen molar-refractivity contribution in [2.45, 2.75) is 78.6 Å². The van der Waals surface area contributed by atoms with Crippen LogP contribution >= 0.6 is 0 Å². The van der Waals surface area contributed by atoms with Crippen LogP contribution in [0, 0.1) is 35.5 Å². The van der Waals surface area contributed by atoms with Crippen molar-refractivity contribution in [3.8, 4) is 17.1 Å². The molecule has 9 nitrogen and oxygen atoms in total. The maximum atomic E-state index is 13.8. The number of hydrogen-bond donors (Lipinski definition) is 1. The highest BCUT2D eigenvalue weighted by Gasteiger charge is 2.70. The maximum absolute atomic E-state index is 13.8. The number of pyridine rings is 1. The van der Waals surface area contributed by atoms with Gasteiger partial charge in [-0.3, -0.25) is 9.78 Å². The zero-order valence-electron chi connectivity index (χ0n) is 26.7. The van der Waals surface area contributed by atoms with Gasteiger partial charge < -0.3 is 23.7 Å². The molecule has 8 atom stereocenters. The third-order valence-corrected chi connectivity index (χ3v) is 11.3. The van der Waals surface area contributed by atoms with E-state index in [2.05, 4.69) is 25.8 Å². The van der Waals surface area contributed by atoms with Crippen LogP contribution in [0.15, 0.2) is 64.1 Å². The number of nitrogens with zero attached hydrogens (tertiary/aromatic N) is 1. The van der Waals surface area contributed by atoms with Crippen LogP contribution in [0.4, 0.5) is 0 Å². The monoisotopic (exact) mass is 615 g/mol. The molecule has 1 N–H and O–H groups in total. The predicted molar refractivity (Wildman–Crippen MR) is 165 cm³/mol. The highest BCUT2D eigenvalue weighted by atomic mass is 16.6. The zero-order valence-corrected chi connectivity index (χ0v) is 26.7. The van der Waals surface area contributed by atoms with Crippen molar-refractivity contribution in [1.82, 2.24) is 4.98 Å². The Balaban J connectivity index is 1.50. The lowest BCUT2D eigenvalue weighted by Crippen LogP contribution is -2.70. The van der Waals surface area contributed by atoms with Crippen molar-refractivity contribution in [1.29, 1.82) is 0 Å². The number of esters is 2. The van der Waals surface area contributed by atoms with Gasteiger partial charge in [-0.1, -0.05) is 39.0 Å². The Morgan fingerprint density at radius 1 is 1.13 bits per heavy atom. The molecule has 6 rings (SSSR count). The number of ether oxygens (including phenoxy) is 3. The number of carbonyl (C=O) groups excluding carboxylic acids is 2. The molecule has 9 heteroatoms. The molecule has 238 valence electrons. The third-order valence-electron chi connectivity index (χ3n) is 11.3. The van der Waals surface area contributed by atoms with Crippen molar-refractivity contribution in [2.24, 2.45) is 28.6 Å². The van der Waals surface area contributed by atoms with E-state index in [1.165, 1.54) is 6.92 Å². The first-order valence-corrected chi connectivity index (χ1v) is 15.6. The van der Waals surface area contributed by atoms with Crippen molar-refractivity contribution in [3.05, 3.63) is 82.0 Å². The summed E-state index contributed by atoms with van der Waals surface area (Å²) in [4.78, 5) is 43.5. The number of aliphatic hydroxyl groups is 1. The summed E-state index contributed by atoms with van der Waals surface area (Å²) in [6.07, 6.45) is 3.12. The number of aryl methyl sites for hydroxylation is 1. The van der Waals surface area contributed by atoms with Gasteiger partial charge in [0.2, 0.25) is 0 Å². The molecule has 0 spiro atoms. The van der Waals surface area contributed by atoms with Gasteiger partial charge in [-0.15, -0.1) is 0 Å². The predicted octanol–water partition coefficient (Wildman–Crippen LogP) is 6.06. The summed E-state index contributed by atoms with van der Waals surface area (Å²) in [6, 6.07) is 12.4.